The quantitative estimate of drug-likeness (QED) is 0.583. The lowest BCUT2D eigenvalue weighted by Gasteiger charge is -2.08. The van der Waals surface area contributed by atoms with Crippen LogP contribution < -0.4 is 15.6 Å². The van der Waals surface area contributed by atoms with Crippen LogP contribution in [0.1, 0.15) is 41.9 Å². The second-order valence-electron chi connectivity index (χ2n) is 7.15. The molecular formula is C21H22ClN3O3S. The number of nitrogens with zero attached hydrogens (tertiary/aromatic N) is 1. The van der Waals surface area contributed by atoms with Crippen LogP contribution in [0.25, 0.3) is 10.2 Å². The van der Waals surface area contributed by atoms with Crippen LogP contribution in [0.15, 0.2) is 23.0 Å². The Morgan fingerprint density at radius 2 is 2.14 bits per heavy atom. The van der Waals surface area contributed by atoms with Crippen LogP contribution in [-0.2, 0) is 24.1 Å². The molecule has 0 spiro atoms. The number of H-pyrrole nitrogens is 1. The zero-order valence-corrected chi connectivity index (χ0v) is 17.7. The number of thiophene rings is 1. The largest absolute Gasteiger partial charge is 0.495 e. The van der Waals surface area contributed by atoms with Crippen LogP contribution in [0, 0.1) is 0 Å². The molecule has 6 nitrogen and oxygen atoms in total. The number of nitrogens with one attached hydrogen (secondary N) is 2. The number of benzene rings is 1. The number of carbonyl (C=O) groups excluding carboxylic acids is 1. The van der Waals surface area contributed by atoms with Gasteiger partial charge in [0.25, 0.3) is 5.56 Å². The lowest BCUT2D eigenvalue weighted by atomic mass is 10.1. The molecule has 1 amide bonds. The molecule has 4 rings (SSSR count). The molecule has 0 atom stereocenters. The van der Waals surface area contributed by atoms with Crippen LogP contribution in [0.5, 0.6) is 5.75 Å². The Hall–Kier alpha value is -2.38. The molecule has 0 radical (unpaired) electrons. The van der Waals surface area contributed by atoms with Gasteiger partial charge in [-0.15, -0.1) is 11.3 Å². The maximum Gasteiger partial charge on any atom is 0.259 e. The number of anilines is 1. The summed E-state index contributed by atoms with van der Waals surface area (Å²) in [6.07, 6.45) is 6.05. The van der Waals surface area contributed by atoms with Crippen molar-refractivity contribution in [1.82, 2.24) is 9.97 Å². The van der Waals surface area contributed by atoms with Crippen LogP contribution in [0.4, 0.5) is 5.69 Å². The molecule has 0 bridgehead atoms. The second-order valence-corrected chi connectivity index (χ2v) is 8.65. The smallest absolute Gasteiger partial charge is 0.259 e. The van der Waals surface area contributed by atoms with Gasteiger partial charge in [0.15, 0.2) is 0 Å². The first-order chi connectivity index (χ1) is 14.0. The molecule has 152 valence electrons. The molecule has 8 heteroatoms. The summed E-state index contributed by atoms with van der Waals surface area (Å²) in [5.74, 6) is 0.923. The average molecular weight is 432 g/mol. The van der Waals surface area contributed by atoms with E-state index in [0.717, 1.165) is 29.5 Å². The molecule has 0 aliphatic heterocycles. The molecular weight excluding hydrogens is 410 g/mol. The standard InChI is InChI=1S/C21H22ClN3O3S/c1-28-15-8-7-12(11-14(15)22)23-18(26)10-9-17-24-20(27)19-13-5-3-2-4-6-16(13)29-21(19)25-17/h7-8,11H,2-6,9-10H2,1H3,(H,23,26)(H,24,25,27). The number of fused-ring (bicyclic) bond motifs is 3. The van der Waals surface area contributed by atoms with E-state index in [1.807, 2.05) is 0 Å². The number of aromatic amines is 1. The van der Waals surface area contributed by atoms with Crippen molar-refractivity contribution in [2.45, 2.75) is 44.9 Å². The molecule has 2 aromatic heterocycles. The number of hydrogen-bond acceptors (Lipinski definition) is 5. The highest BCUT2D eigenvalue weighted by atomic mass is 35.5. The van der Waals surface area contributed by atoms with Gasteiger partial charge >= 0.3 is 0 Å². The fourth-order valence-corrected chi connectivity index (χ4v) is 5.24. The van der Waals surface area contributed by atoms with Gasteiger partial charge in [0.05, 0.1) is 17.5 Å². The maximum absolute atomic E-state index is 12.7. The topological polar surface area (TPSA) is 84.1 Å². The number of methoxy groups -OCH3 is 1. The van der Waals surface area contributed by atoms with Crippen molar-refractivity contribution < 1.29 is 9.53 Å². The lowest BCUT2D eigenvalue weighted by Crippen LogP contribution is -2.16. The normalized spacial score (nSPS) is 13.7. The van der Waals surface area contributed by atoms with Crippen molar-refractivity contribution in [2.24, 2.45) is 0 Å². The van der Waals surface area contributed by atoms with E-state index in [9.17, 15) is 9.59 Å². The van der Waals surface area contributed by atoms with Gasteiger partial charge in [-0.25, -0.2) is 4.98 Å². The minimum atomic E-state index is -0.170. The van der Waals surface area contributed by atoms with Crippen molar-refractivity contribution >= 4 is 44.7 Å². The zero-order valence-electron chi connectivity index (χ0n) is 16.1. The number of amides is 1. The van der Waals surface area contributed by atoms with E-state index in [2.05, 4.69) is 15.3 Å². The summed E-state index contributed by atoms with van der Waals surface area (Å²) in [7, 11) is 1.54. The number of ether oxygens (including phenoxy) is 1. The number of hydrogen-bond donors (Lipinski definition) is 2. The SMILES string of the molecule is COc1ccc(NC(=O)CCc2nc3sc4c(c3c(=O)[nH]2)CCCCC4)cc1Cl. The van der Waals surface area contributed by atoms with E-state index in [4.69, 9.17) is 16.3 Å². The highest BCUT2D eigenvalue weighted by molar-refractivity contribution is 7.18. The Kier molecular flexibility index (Phi) is 5.87. The van der Waals surface area contributed by atoms with Gasteiger partial charge in [-0.05, 0) is 49.4 Å². The van der Waals surface area contributed by atoms with Crippen molar-refractivity contribution in [2.75, 3.05) is 12.4 Å². The summed E-state index contributed by atoms with van der Waals surface area (Å²) in [4.78, 5) is 34.5. The third kappa shape index (κ3) is 4.31. The monoisotopic (exact) mass is 431 g/mol. The molecule has 0 saturated carbocycles. The third-order valence-corrected chi connectivity index (χ3v) is 6.63. The molecule has 0 saturated heterocycles. The Morgan fingerprint density at radius 3 is 2.93 bits per heavy atom. The summed E-state index contributed by atoms with van der Waals surface area (Å²) in [6, 6.07) is 5.07. The molecule has 1 aliphatic rings. The number of aryl methyl sites for hydroxylation is 3. The molecule has 1 aromatic carbocycles. The first-order valence-electron chi connectivity index (χ1n) is 9.72. The highest BCUT2D eigenvalue weighted by Crippen LogP contribution is 2.33. The molecule has 0 fully saturated rings. The van der Waals surface area contributed by atoms with Crippen molar-refractivity contribution in [3.63, 3.8) is 0 Å². The molecule has 1 aliphatic carbocycles. The molecule has 2 N–H and O–H groups in total. The summed E-state index contributed by atoms with van der Waals surface area (Å²) < 4.78 is 5.11. The summed E-state index contributed by atoms with van der Waals surface area (Å²) in [5.41, 5.74) is 1.68. The van der Waals surface area contributed by atoms with Crippen molar-refractivity contribution in [3.05, 3.63) is 49.8 Å². The van der Waals surface area contributed by atoms with Crippen LogP contribution >= 0.6 is 22.9 Å². The van der Waals surface area contributed by atoms with E-state index >= 15 is 0 Å². The second kappa shape index (κ2) is 8.55. The third-order valence-electron chi connectivity index (χ3n) is 5.15. The Bertz CT molecular complexity index is 1120. The predicted molar refractivity (Wildman–Crippen MR) is 116 cm³/mol. The minimum Gasteiger partial charge on any atom is -0.495 e. The number of aromatic nitrogens is 2. The van der Waals surface area contributed by atoms with Gasteiger partial charge in [-0.2, -0.15) is 0 Å². The first kappa shape index (κ1) is 19.9. The van der Waals surface area contributed by atoms with E-state index in [0.29, 0.717) is 28.7 Å². The van der Waals surface area contributed by atoms with Gasteiger partial charge < -0.3 is 15.0 Å². The summed E-state index contributed by atoms with van der Waals surface area (Å²) in [6.45, 7) is 0. The molecule has 2 heterocycles. The van der Waals surface area contributed by atoms with E-state index in [1.54, 1.807) is 29.5 Å². The Labute approximate surface area is 177 Å². The fourth-order valence-electron chi connectivity index (χ4n) is 3.70. The van der Waals surface area contributed by atoms with Gasteiger partial charge in [0.2, 0.25) is 5.91 Å². The van der Waals surface area contributed by atoms with E-state index in [-0.39, 0.29) is 17.9 Å². The first-order valence-corrected chi connectivity index (χ1v) is 10.9. The average Bonchev–Trinajstić information content (AvgIpc) is 2.88. The van der Waals surface area contributed by atoms with E-state index < -0.39 is 0 Å². The van der Waals surface area contributed by atoms with Crippen LogP contribution in [0.3, 0.4) is 0 Å². The summed E-state index contributed by atoms with van der Waals surface area (Å²) in [5, 5.41) is 3.98. The van der Waals surface area contributed by atoms with Gasteiger partial charge in [-0.1, -0.05) is 18.0 Å². The van der Waals surface area contributed by atoms with Gasteiger partial charge in [0.1, 0.15) is 16.4 Å². The fraction of sp³-hybridized carbons (Fsp3) is 0.381. The Morgan fingerprint density at radius 1 is 1.31 bits per heavy atom. The molecule has 3 aromatic rings. The molecule has 0 unspecified atom stereocenters. The van der Waals surface area contributed by atoms with Crippen LogP contribution in [0.2, 0.25) is 5.02 Å². The lowest BCUT2D eigenvalue weighted by molar-refractivity contribution is -0.116. The maximum atomic E-state index is 12.7. The van der Waals surface area contributed by atoms with Crippen molar-refractivity contribution in [3.8, 4) is 5.75 Å². The Balaban J connectivity index is 1.46. The van der Waals surface area contributed by atoms with Crippen LogP contribution in [-0.4, -0.2) is 23.0 Å². The van der Waals surface area contributed by atoms with Crippen molar-refractivity contribution in [1.29, 1.82) is 0 Å². The van der Waals surface area contributed by atoms with Gasteiger partial charge in [-0.3, -0.25) is 9.59 Å². The predicted octanol–water partition coefficient (Wildman–Crippen LogP) is 4.49. The highest BCUT2D eigenvalue weighted by Gasteiger charge is 2.19. The zero-order chi connectivity index (χ0) is 20.4. The van der Waals surface area contributed by atoms with Gasteiger partial charge in [0, 0.05) is 23.4 Å². The minimum absolute atomic E-state index is 0.0910. The number of rotatable bonds is 5. The molecule has 29 heavy (non-hydrogen) atoms. The van der Waals surface area contributed by atoms with E-state index in [1.165, 1.54) is 30.4 Å². The number of halogens is 1. The number of carbonyl (C=O) groups is 1. The summed E-state index contributed by atoms with van der Waals surface area (Å²) >= 11 is 7.71.